The first-order valence-electron chi connectivity index (χ1n) is 4.81. The van der Waals surface area contributed by atoms with E-state index in [4.69, 9.17) is 0 Å². The van der Waals surface area contributed by atoms with E-state index in [1.54, 1.807) is 0 Å². The number of fused-ring (bicyclic) bond motifs is 2. The van der Waals surface area contributed by atoms with Crippen molar-refractivity contribution in [1.29, 1.82) is 0 Å². The standard InChI is InChI=1S/C13H9OSe/c14-15-12-7-3-1-5-10(12)9-11-6-2-4-8-13(11)15/h1-9H. The van der Waals surface area contributed by atoms with E-state index in [1.807, 2.05) is 48.5 Å². The molecule has 0 unspecified atom stereocenters. The van der Waals surface area contributed by atoms with Gasteiger partial charge in [0.1, 0.15) is 0 Å². The van der Waals surface area contributed by atoms with Gasteiger partial charge in [-0.2, -0.15) is 0 Å². The first-order valence-corrected chi connectivity index (χ1v) is 7.22. The second-order valence-electron chi connectivity index (χ2n) is 3.49. The SMILES string of the molecule is O=[Se]1=c2ccccc2=Cc2ccccc21. The number of hydrogen-bond donors (Lipinski definition) is 0. The Morgan fingerprint density at radius 2 is 1.60 bits per heavy atom. The van der Waals surface area contributed by atoms with Crippen LogP contribution >= 0.6 is 0 Å². The van der Waals surface area contributed by atoms with Crippen molar-refractivity contribution in [3.05, 3.63) is 63.4 Å². The Bertz CT molecular complexity index is 694. The topological polar surface area (TPSA) is 17.1 Å². The summed E-state index contributed by atoms with van der Waals surface area (Å²) in [6.45, 7) is 0. The van der Waals surface area contributed by atoms with E-state index >= 15 is 0 Å². The number of rotatable bonds is 0. The Balaban J connectivity index is 2.56. The van der Waals surface area contributed by atoms with Crippen LogP contribution < -0.4 is 9.68 Å². The monoisotopic (exact) mass is 261 g/mol. The van der Waals surface area contributed by atoms with Gasteiger partial charge in [0.05, 0.1) is 0 Å². The summed E-state index contributed by atoms with van der Waals surface area (Å²) < 4.78 is 14.3. The molecule has 0 atom stereocenters. The number of benzene rings is 2. The Labute approximate surface area is 91.3 Å². The van der Waals surface area contributed by atoms with Crippen LogP contribution in [0.15, 0.2) is 48.5 Å². The molecule has 2 aromatic rings. The predicted octanol–water partition coefficient (Wildman–Crippen LogP) is 0.991. The van der Waals surface area contributed by atoms with Crippen molar-refractivity contribution in [2.45, 2.75) is 0 Å². The molecule has 1 heterocycles. The molecule has 1 nitrogen and oxygen atoms in total. The van der Waals surface area contributed by atoms with Crippen LogP contribution in [0.3, 0.4) is 0 Å². The minimum atomic E-state index is -2.03. The molecule has 0 N–H and O–H groups in total. The van der Waals surface area contributed by atoms with Crippen molar-refractivity contribution in [2.75, 3.05) is 0 Å². The summed E-state index contributed by atoms with van der Waals surface area (Å²) in [6.07, 6.45) is 2.11. The molecule has 15 heavy (non-hydrogen) atoms. The van der Waals surface area contributed by atoms with E-state index in [9.17, 15) is 3.83 Å². The third-order valence-electron chi connectivity index (χ3n) is 2.55. The van der Waals surface area contributed by atoms with Gasteiger partial charge in [0.15, 0.2) is 0 Å². The Kier molecular flexibility index (Phi) is 1.98. The van der Waals surface area contributed by atoms with E-state index in [0.29, 0.717) is 0 Å². The molecule has 0 amide bonds. The van der Waals surface area contributed by atoms with Gasteiger partial charge in [-0.05, 0) is 0 Å². The van der Waals surface area contributed by atoms with E-state index in [2.05, 4.69) is 6.08 Å². The molecule has 0 bridgehead atoms. The first-order chi connectivity index (χ1) is 7.36. The van der Waals surface area contributed by atoms with Crippen molar-refractivity contribution in [1.82, 2.24) is 0 Å². The van der Waals surface area contributed by atoms with E-state index in [0.717, 1.165) is 19.3 Å². The van der Waals surface area contributed by atoms with Gasteiger partial charge in [-0.1, -0.05) is 0 Å². The van der Waals surface area contributed by atoms with Crippen molar-refractivity contribution < 1.29 is 3.83 Å². The normalized spacial score (nSPS) is 12.7. The Morgan fingerprint density at radius 3 is 2.53 bits per heavy atom. The summed E-state index contributed by atoms with van der Waals surface area (Å²) in [5, 5.41) is 1.11. The molecule has 2 aromatic carbocycles. The summed E-state index contributed by atoms with van der Waals surface area (Å²) in [4.78, 5) is 0. The van der Waals surface area contributed by atoms with Crippen LogP contribution in [0, 0.1) is 4.06 Å². The molecule has 2 heteroatoms. The summed E-state index contributed by atoms with van der Waals surface area (Å²) in [6, 6.07) is 15.9. The summed E-state index contributed by atoms with van der Waals surface area (Å²) in [5.74, 6) is 0. The van der Waals surface area contributed by atoms with Gasteiger partial charge in [-0.15, -0.1) is 0 Å². The molecule has 3 rings (SSSR count). The molecule has 1 aliphatic rings. The van der Waals surface area contributed by atoms with Gasteiger partial charge in [0.25, 0.3) is 0 Å². The van der Waals surface area contributed by atoms with Gasteiger partial charge in [0.2, 0.25) is 0 Å². The second kappa shape index (κ2) is 3.34. The fourth-order valence-corrected chi connectivity index (χ4v) is 4.60. The average molecular weight is 260 g/mol. The van der Waals surface area contributed by atoms with Crippen molar-refractivity contribution in [3.8, 4) is 0 Å². The zero-order chi connectivity index (χ0) is 10.3. The summed E-state index contributed by atoms with van der Waals surface area (Å²) >= 11 is -2.03. The van der Waals surface area contributed by atoms with Gasteiger partial charge < -0.3 is 0 Å². The fraction of sp³-hybridized carbons (Fsp3) is 0. The zero-order valence-corrected chi connectivity index (χ0v) is 9.73. The summed E-state index contributed by atoms with van der Waals surface area (Å²) in [5.41, 5.74) is 1.11. The second-order valence-corrected chi connectivity index (χ2v) is 6.46. The van der Waals surface area contributed by atoms with Crippen LogP contribution in [-0.2, 0) is 3.83 Å². The maximum atomic E-state index is 12.3. The van der Waals surface area contributed by atoms with Crippen LogP contribution in [0.2, 0.25) is 0 Å². The molecule has 73 valence electrons. The molecular formula is C13H9OSe. The van der Waals surface area contributed by atoms with Crippen molar-refractivity contribution in [3.63, 3.8) is 0 Å². The molecule has 1 aliphatic heterocycles. The minimum absolute atomic E-state index is 1.01. The first kappa shape index (κ1) is 8.90. The molecule has 1 radical (unpaired) electrons. The zero-order valence-electron chi connectivity index (χ0n) is 8.01. The van der Waals surface area contributed by atoms with Crippen LogP contribution in [0.1, 0.15) is 5.56 Å². The van der Waals surface area contributed by atoms with Gasteiger partial charge in [-0.3, -0.25) is 0 Å². The average Bonchev–Trinajstić information content (AvgIpc) is 2.30. The predicted molar refractivity (Wildman–Crippen MR) is 61.0 cm³/mol. The van der Waals surface area contributed by atoms with Crippen molar-refractivity contribution >= 4 is 23.9 Å². The summed E-state index contributed by atoms with van der Waals surface area (Å²) in [7, 11) is 0. The molecule has 0 saturated heterocycles. The third-order valence-corrected chi connectivity index (χ3v) is 5.78. The Hall–Kier alpha value is -1.37. The van der Waals surface area contributed by atoms with Crippen LogP contribution in [0.4, 0.5) is 0 Å². The van der Waals surface area contributed by atoms with E-state index in [-0.39, 0.29) is 0 Å². The van der Waals surface area contributed by atoms with E-state index in [1.165, 1.54) is 0 Å². The quantitative estimate of drug-likeness (QED) is 0.551. The third kappa shape index (κ3) is 1.34. The van der Waals surface area contributed by atoms with Crippen LogP contribution in [-0.4, -0.2) is 13.4 Å². The Morgan fingerprint density at radius 1 is 0.867 bits per heavy atom. The van der Waals surface area contributed by atoms with Crippen LogP contribution in [0.25, 0.3) is 6.08 Å². The van der Waals surface area contributed by atoms with Crippen LogP contribution in [0.5, 0.6) is 0 Å². The maximum absolute atomic E-state index is 12.3. The molecular weight excluding hydrogens is 251 g/mol. The molecule has 0 spiro atoms. The van der Waals surface area contributed by atoms with Gasteiger partial charge >= 0.3 is 91.1 Å². The molecule has 0 aliphatic carbocycles. The fourth-order valence-electron chi connectivity index (χ4n) is 1.82. The molecule has 0 aromatic heterocycles. The van der Waals surface area contributed by atoms with Gasteiger partial charge in [0, 0.05) is 0 Å². The number of hydrogen-bond acceptors (Lipinski definition) is 1. The van der Waals surface area contributed by atoms with Gasteiger partial charge in [-0.25, -0.2) is 0 Å². The molecule has 0 saturated carbocycles. The van der Waals surface area contributed by atoms with E-state index < -0.39 is 13.4 Å². The van der Waals surface area contributed by atoms with Crippen molar-refractivity contribution in [2.24, 2.45) is 0 Å². The molecule has 0 fully saturated rings.